The molecular weight excluding hydrogens is 335 g/mol. The zero-order valence-electron chi connectivity index (χ0n) is 9.74. The summed E-state index contributed by atoms with van der Waals surface area (Å²) < 4.78 is 14.1. The summed E-state index contributed by atoms with van der Waals surface area (Å²) in [6, 6.07) is 4.15. The molecule has 0 saturated heterocycles. The molecule has 0 unspecified atom stereocenters. The Morgan fingerprint density at radius 3 is 2.74 bits per heavy atom. The molecule has 0 aliphatic heterocycles. The Bertz CT molecular complexity index is 657. The van der Waals surface area contributed by atoms with Crippen LogP contribution >= 0.6 is 27.3 Å². The normalized spacial score (nSPS) is 10.3. The summed E-state index contributed by atoms with van der Waals surface area (Å²) in [4.78, 5) is 27.3. The highest BCUT2D eigenvalue weighted by atomic mass is 79.9. The summed E-state index contributed by atoms with van der Waals surface area (Å²) in [5, 5.41) is 2.72. The number of anilines is 1. The molecule has 0 aliphatic carbocycles. The van der Waals surface area contributed by atoms with E-state index in [9.17, 15) is 14.0 Å². The number of ketones is 1. The van der Waals surface area contributed by atoms with Crippen LogP contribution in [0.2, 0.25) is 0 Å². The predicted octanol–water partition coefficient (Wildman–Crippen LogP) is 3.50. The maximum Gasteiger partial charge on any atom is 0.260 e. The smallest absolute Gasteiger partial charge is 0.260 e. The van der Waals surface area contributed by atoms with Gasteiger partial charge in [-0.15, -0.1) is 0 Å². The lowest BCUT2D eigenvalue weighted by Crippen LogP contribution is -2.13. The molecule has 0 aliphatic rings. The van der Waals surface area contributed by atoms with Gasteiger partial charge in [-0.3, -0.25) is 14.9 Å². The number of Topliss-reactive ketones (excluding diaryl/α,β-unsaturated/α-hetero) is 1. The summed E-state index contributed by atoms with van der Waals surface area (Å²) in [6.45, 7) is 1.41. The Kier molecular flexibility index (Phi) is 4.06. The summed E-state index contributed by atoms with van der Waals surface area (Å²) in [5.41, 5.74) is -0.0808. The van der Waals surface area contributed by atoms with Crippen LogP contribution in [-0.4, -0.2) is 16.7 Å². The van der Waals surface area contributed by atoms with Crippen molar-refractivity contribution in [1.82, 2.24) is 4.98 Å². The molecule has 1 aromatic heterocycles. The molecule has 98 valence electrons. The molecule has 7 heteroatoms. The molecule has 1 heterocycles. The highest BCUT2D eigenvalue weighted by Crippen LogP contribution is 2.21. The van der Waals surface area contributed by atoms with E-state index in [-0.39, 0.29) is 16.5 Å². The minimum atomic E-state index is -0.629. The van der Waals surface area contributed by atoms with E-state index in [0.29, 0.717) is 9.35 Å². The lowest BCUT2D eigenvalue weighted by Gasteiger charge is -2.03. The molecule has 19 heavy (non-hydrogen) atoms. The zero-order valence-corrected chi connectivity index (χ0v) is 12.1. The standard InChI is InChI=1S/C12H8BrFN2O2S/c1-6(17)10-5-15-12(19-10)16-11(18)8-3-2-7(13)4-9(8)14/h2-5H,1H3,(H,15,16,18). The van der Waals surface area contributed by atoms with Gasteiger partial charge in [-0.25, -0.2) is 9.37 Å². The first-order valence-electron chi connectivity index (χ1n) is 5.20. The number of nitrogens with one attached hydrogen (secondary N) is 1. The lowest BCUT2D eigenvalue weighted by molar-refractivity contribution is 0.101. The van der Waals surface area contributed by atoms with Gasteiger partial charge < -0.3 is 0 Å². The van der Waals surface area contributed by atoms with Crippen LogP contribution in [0, 0.1) is 5.82 Å². The molecule has 1 N–H and O–H groups in total. The summed E-state index contributed by atoms with van der Waals surface area (Å²) in [6.07, 6.45) is 1.38. The minimum Gasteiger partial charge on any atom is -0.298 e. The van der Waals surface area contributed by atoms with Crippen molar-refractivity contribution in [2.24, 2.45) is 0 Å². The minimum absolute atomic E-state index is 0.0808. The van der Waals surface area contributed by atoms with Gasteiger partial charge in [-0.2, -0.15) is 0 Å². The van der Waals surface area contributed by atoms with E-state index in [0.717, 1.165) is 11.3 Å². The molecule has 0 bridgehead atoms. The fraction of sp³-hybridized carbons (Fsp3) is 0.0833. The summed E-state index contributed by atoms with van der Waals surface area (Å²) >= 11 is 4.16. The van der Waals surface area contributed by atoms with Gasteiger partial charge in [0.15, 0.2) is 10.9 Å². The fourth-order valence-electron chi connectivity index (χ4n) is 1.33. The Balaban J connectivity index is 2.18. The third-order valence-electron chi connectivity index (χ3n) is 2.25. The van der Waals surface area contributed by atoms with Gasteiger partial charge in [0, 0.05) is 11.4 Å². The van der Waals surface area contributed by atoms with E-state index in [1.54, 1.807) is 6.07 Å². The van der Waals surface area contributed by atoms with Crippen LogP contribution in [0.25, 0.3) is 0 Å². The van der Waals surface area contributed by atoms with Gasteiger partial charge in [0.05, 0.1) is 16.6 Å². The quantitative estimate of drug-likeness (QED) is 0.868. The third-order valence-corrected chi connectivity index (χ3v) is 3.76. The molecule has 0 atom stereocenters. The maximum atomic E-state index is 13.6. The van der Waals surface area contributed by atoms with Crippen LogP contribution in [0.15, 0.2) is 28.9 Å². The van der Waals surface area contributed by atoms with Crippen molar-refractivity contribution in [1.29, 1.82) is 0 Å². The molecule has 4 nitrogen and oxygen atoms in total. The SMILES string of the molecule is CC(=O)c1cnc(NC(=O)c2ccc(Br)cc2F)s1. The Morgan fingerprint density at radius 2 is 2.16 bits per heavy atom. The first-order chi connectivity index (χ1) is 8.97. The molecule has 2 aromatic rings. The van der Waals surface area contributed by atoms with Crippen LogP contribution in [0.1, 0.15) is 27.0 Å². The molecule has 0 radical (unpaired) electrons. The number of carbonyl (C=O) groups is 2. The van der Waals surface area contributed by atoms with Gasteiger partial charge in [0.1, 0.15) is 5.82 Å². The van der Waals surface area contributed by atoms with E-state index in [1.165, 1.54) is 25.3 Å². The number of aromatic nitrogens is 1. The monoisotopic (exact) mass is 342 g/mol. The largest absolute Gasteiger partial charge is 0.298 e. The van der Waals surface area contributed by atoms with Crippen LogP contribution in [0.3, 0.4) is 0 Å². The topological polar surface area (TPSA) is 59.1 Å². The van der Waals surface area contributed by atoms with Gasteiger partial charge in [-0.1, -0.05) is 27.3 Å². The number of thiazole rings is 1. The van der Waals surface area contributed by atoms with E-state index in [4.69, 9.17) is 0 Å². The van der Waals surface area contributed by atoms with Crippen molar-refractivity contribution < 1.29 is 14.0 Å². The number of amides is 1. The average Bonchev–Trinajstić information content (AvgIpc) is 2.77. The van der Waals surface area contributed by atoms with Gasteiger partial charge in [0.2, 0.25) is 0 Å². The number of rotatable bonds is 3. The Hall–Kier alpha value is -1.60. The summed E-state index contributed by atoms with van der Waals surface area (Å²) in [7, 11) is 0. The fourth-order valence-corrected chi connectivity index (χ4v) is 2.37. The molecule has 1 aromatic carbocycles. The van der Waals surface area contributed by atoms with Crippen molar-refractivity contribution >= 4 is 44.1 Å². The number of benzene rings is 1. The van der Waals surface area contributed by atoms with Gasteiger partial charge in [-0.05, 0) is 18.2 Å². The number of halogens is 2. The molecular formula is C12H8BrFN2O2S. The molecule has 2 rings (SSSR count). The first-order valence-corrected chi connectivity index (χ1v) is 6.81. The highest BCUT2D eigenvalue weighted by Gasteiger charge is 2.14. The van der Waals surface area contributed by atoms with Gasteiger partial charge in [0.25, 0.3) is 5.91 Å². The number of nitrogens with zero attached hydrogens (tertiary/aromatic N) is 1. The second kappa shape index (κ2) is 5.58. The van der Waals surface area contributed by atoms with Crippen molar-refractivity contribution in [3.05, 3.63) is 45.1 Å². The first kappa shape index (κ1) is 13.8. The van der Waals surface area contributed by atoms with E-state index in [1.807, 2.05) is 0 Å². The van der Waals surface area contributed by atoms with Crippen LogP contribution in [-0.2, 0) is 0 Å². The van der Waals surface area contributed by atoms with E-state index < -0.39 is 11.7 Å². The maximum absolute atomic E-state index is 13.6. The van der Waals surface area contributed by atoms with Gasteiger partial charge >= 0.3 is 0 Å². The number of carbonyl (C=O) groups excluding carboxylic acids is 2. The van der Waals surface area contributed by atoms with Crippen LogP contribution < -0.4 is 5.32 Å². The molecule has 0 fully saturated rings. The van der Waals surface area contributed by atoms with E-state index in [2.05, 4.69) is 26.2 Å². The molecule has 1 amide bonds. The second-order valence-corrected chi connectivity index (χ2v) is 5.61. The average molecular weight is 343 g/mol. The predicted molar refractivity (Wildman–Crippen MR) is 74.2 cm³/mol. The van der Waals surface area contributed by atoms with Crippen LogP contribution in [0.4, 0.5) is 9.52 Å². The van der Waals surface area contributed by atoms with Crippen molar-refractivity contribution in [2.75, 3.05) is 5.32 Å². The number of hydrogen-bond acceptors (Lipinski definition) is 4. The summed E-state index contributed by atoms with van der Waals surface area (Å²) in [5.74, 6) is -1.36. The highest BCUT2D eigenvalue weighted by molar-refractivity contribution is 9.10. The Labute approximate surface area is 120 Å². The third kappa shape index (κ3) is 3.24. The van der Waals surface area contributed by atoms with E-state index >= 15 is 0 Å². The number of hydrogen-bond donors (Lipinski definition) is 1. The molecule has 0 spiro atoms. The Morgan fingerprint density at radius 1 is 1.42 bits per heavy atom. The van der Waals surface area contributed by atoms with Crippen molar-refractivity contribution in [2.45, 2.75) is 6.92 Å². The lowest BCUT2D eigenvalue weighted by atomic mass is 10.2. The van der Waals surface area contributed by atoms with Crippen molar-refractivity contribution in [3.63, 3.8) is 0 Å². The zero-order chi connectivity index (χ0) is 14.0. The second-order valence-electron chi connectivity index (χ2n) is 3.66. The van der Waals surface area contributed by atoms with Crippen LogP contribution in [0.5, 0.6) is 0 Å². The van der Waals surface area contributed by atoms with Crippen molar-refractivity contribution in [3.8, 4) is 0 Å². The molecule has 0 saturated carbocycles.